The van der Waals surface area contributed by atoms with Crippen molar-refractivity contribution in [3.05, 3.63) is 45.4 Å². The molecule has 1 nitrogen and oxygen atoms in total. The van der Waals surface area contributed by atoms with Crippen molar-refractivity contribution in [2.75, 3.05) is 6.54 Å². The predicted molar refractivity (Wildman–Crippen MR) is 81.8 cm³/mol. The molecule has 0 heterocycles. The molecule has 2 rings (SSSR count). The Balaban J connectivity index is 2.30. The van der Waals surface area contributed by atoms with Gasteiger partial charge in [-0.1, -0.05) is 52.7 Å². The Kier molecular flexibility index (Phi) is 5.02. The van der Waals surface area contributed by atoms with Crippen molar-refractivity contribution < 1.29 is 0 Å². The molecule has 1 aromatic rings. The van der Waals surface area contributed by atoms with Gasteiger partial charge in [0.1, 0.15) is 0 Å². The lowest BCUT2D eigenvalue weighted by Crippen LogP contribution is -2.24. The molecular formula is C16H22BrN. The summed E-state index contributed by atoms with van der Waals surface area (Å²) in [7, 11) is 0. The van der Waals surface area contributed by atoms with Gasteiger partial charge >= 0.3 is 0 Å². The molecule has 1 unspecified atom stereocenters. The summed E-state index contributed by atoms with van der Waals surface area (Å²) in [6, 6.07) is 6.95. The van der Waals surface area contributed by atoms with Crippen molar-refractivity contribution >= 4 is 15.9 Å². The van der Waals surface area contributed by atoms with Crippen LogP contribution >= 0.6 is 15.9 Å². The standard InChI is InChI=1S/C16H22BrN/c1-3-11-18-16(13-8-4-5-9-13)14-10-6-7-12(2)15(14)17/h6-8,10,16,18H,3-5,9,11H2,1-2H3. The van der Waals surface area contributed by atoms with Gasteiger partial charge in [0.15, 0.2) is 0 Å². The van der Waals surface area contributed by atoms with Gasteiger partial charge in [-0.3, -0.25) is 0 Å². The zero-order valence-corrected chi connectivity index (χ0v) is 12.9. The summed E-state index contributed by atoms with van der Waals surface area (Å²) in [5, 5.41) is 3.70. The largest absolute Gasteiger partial charge is 0.306 e. The number of halogens is 1. The van der Waals surface area contributed by atoms with Crippen LogP contribution in [0.5, 0.6) is 0 Å². The Morgan fingerprint density at radius 1 is 1.39 bits per heavy atom. The average Bonchev–Trinajstić information content (AvgIpc) is 2.88. The number of rotatable bonds is 5. The minimum absolute atomic E-state index is 0.390. The third-order valence-corrected chi connectivity index (χ3v) is 4.66. The minimum atomic E-state index is 0.390. The SMILES string of the molecule is CCCNC(C1=CCCC1)c1cccc(C)c1Br. The highest BCUT2D eigenvalue weighted by atomic mass is 79.9. The number of benzene rings is 1. The lowest BCUT2D eigenvalue weighted by molar-refractivity contribution is 0.576. The van der Waals surface area contributed by atoms with Crippen LogP contribution in [-0.4, -0.2) is 6.54 Å². The molecule has 0 fully saturated rings. The van der Waals surface area contributed by atoms with Gasteiger partial charge in [0.05, 0.1) is 6.04 Å². The average molecular weight is 308 g/mol. The maximum Gasteiger partial charge on any atom is 0.0547 e. The fourth-order valence-corrected chi connectivity index (χ4v) is 3.07. The first-order chi connectivity index (χ1) is 8.74. The van der Waals surface area contributed by atoms with E-state index in [2.05, 4.69) is 59.4 Å². The van der Waals surface area contributed by atoms with Gasteiger partial charge in [-0.15, -0.1) is 0 Å². The maximum atomic E-state index is 3.75. The topological polar surface area (TPSA) is 12.0 Å². The second-order valence-electron chi connectivity index (χ2n) is 5.04. The molecule has 0 amide bonds. The van der Waals surface area contributed by atoms with E-state index in [1.807, 2.05) is 0 Å². The molecule has 0 bridgehead atoms. The van der Waals surface area contributed by atoms with Gasteiger partial charge in [-0.2, -0.15) is 0 Å². The summed E-state index contributed by atoms with van der Waals surface area (Å²) in [6.45, 7) is 5.45. The Bertz CT molecular complexity index is 437. The van der Waals surface area contributed by atoms with Crippen LogP contribution in [0.25, 0.3) is 0 Å². The van der Waals surface area contributed by atoms with Crippen molar-refractivity contribution in [3.63, 3.8) is 0 Å². The Hall–Kier alpha value is -0.600. The number of allylic oxidation sites excluding steroid dienone is 1. The van der Waals surface area contributed by atoms with Gasteiger partial charge in [-0.05, 0) is 50.3 Å². The molecule has 1 N–H and O–H groups in total. The van der Waals surface area contributed by atoms with Crippen molar-refractivity contribution in [1.29, 1.82) is 0 Å². The molecule has 1 atom stereocenters. The van der Waals surface area contributed by atoms with Crippen molar-refractivity contribution in [3.8, 4) is 0 Å². The predicted octanol–water partition coefficient (Wildman–Crippen LogP) is 4.91. The van der Waals surface area contributed by atoms with E-state index >= 15 is 0 Å². The lowest BCUT2D eigenvalue weighted by Gasteiger charge is -2.22. The fourth-order valence-electron chi connectivity index (χ4n) is 2.58. The molecule has 0 radical (unpaired) electrons. The van der Waals surface area contributed by atoms with E-state index in [1.54, 1.807) is 5.57 Å². The first-order valence-corrected chi connectivity index (χ1v) is 7.70. The molecule has 2 heteroatoms. The van der Waals surface area contributed by atoms with Crippen LogP contribution < -0.4 is 5.32 Å². The van der Waals surface area contributed by atoms with Crippen LogP contribution in [0.1, 0.15) is 49.8 Å². The quantitative estimate of drug-likeness (QED) is 0.762. The normalized spacial score (nSPS) is 16.7. The molecule has 0 aliphatic heterocycles. The highest BCUT2D eigenvalue weighted by Gasteiger charge is 2.20. The van der Waals surface area contributed by atoms with Crippen LogP contribution in [0.4, 0.5) is 0 Å². The Labute approximate surface area is 119 Å². The molecule has 18 heavy (non-hydrogen) atoms. The highest BCUT2D eigenvalue weighted by Crippen LogP contribution is 2.35. The third-order valence-electron chi connectivity index (χ3n) is 3.58. The van der Waals surface area contributed by atoms with E-state index in [0.29, 0.717) is 6.04 Å². The van der Waals surface area contributed by atoms with E-state index in [0.717, 1.165) is 6.54 Å². The van der Waals surface area contributed by atoms with Gasteiger partial charge < -0.3 is 5.32 Å². The molecule has 98 valence electrons. The van der Waals surface area contributed by atoms with Crippen LogP contribution in [0, 0.1) is 6.92 Å². The minimum Gasteiger partial charge on any atom is -0.306 e. The Morgan fingerprint density at radius 2 is 2.22 bits per heavy atom. The number of aryl methyl sites for hydroxylation is 1. The van der Waals surface area contributed by atoms with Gasteiger partial charge in [0.2, 0.25) is 0 Å². The second kappa shape index (κ2) is 6.53. The summed E-state index contributed by atoms with van der Waals surface area (Å²) in [5.74, 6) is 0. The zero-order chi connectivity index (χ0) is 13.0. The van der Waals surface area contributed by atoms with Gasteiger partial charge in [0, 0.05) is 4.47 Å². The van der Waals surface area contributed by atoms with Crippen LogP contribution in [0.3, 0.4) is 0 Å². The van der Waals surface area contributed by atoms with Gasteiger partial charge in [-0.25, -0.2) is 0 Å². The summed E-state index contributed by atoms with van der Waals surface area (Å²) in [4.78, 5) is 0. The van der Waals surface area contributed by atoms with Gasteiger partial charge in [0.25, 0.3) is 0 Å². The van der Waals surface area contributed by atoms with E-state index in [9.17, 15) is 0 Å². The summed E-state index contributed by atoms with van der Waals surface area (Å²) < 4.78 is 1.26. The molecule has 0 saturated carbocycles. The fraction of sp³-hybridized carbons (Fsp3) is 0.500. The molecule has 1 aromatic carbocycles. The van der Waals surface area contributed by atoms with E-state index in [4.69, 9.17) is 0 Å². The van der Waals surface area contributed by atoms with E-state index < -0.39 is 0 Å². The third kappa shape index (κ3) is 3.04. The van der Waals surface area contributed by atoms with Crippen molar-refractivity contribution in [1.82, 2.24) is 5.32 Å². The number of hydrogen-bond acceptors (Lipinski definition) is 1. The monoisotopic (exact) mass is 307 g/mol. The maximum absolute atomic E-state index is 3.75. The van der Waals surface area contributed by atoms with Crippen LogP contribution in [0.15, 0.2) is 34.3 Å². The van der Waals surface area contributed by atoms with Crippen molar-refractivity contribution in [2.24, 2.45) is 0 Å². The first kappa shape index (κ1) is 13.8. The number of nitrogens with one attached hydrogen (secondary N) is 1. The van der Waals surface area contributed by atoms with Crippen LogP contribution in [-0.2, 0) is 0 Å². The molecule has 0 saturated heterocycles. The molecule has 0 spiro atoms. The van der Waals surface area contributed by atoms with Crippen LogP contribution in [0.2, 0.25) is 0 Å². The lowest BCUT2D eigenvalue weighted by atomic mass is 9.96. The van der Waals surface area contributed by atoms with E-state index in [1.165, 1.54) is 41.3 Å². The molecule has 0 aromatic heterocycles. The van der Waals surface area contributed by atoms with E-state index in [-0.39, 0.29) is 0 Å². The molecular weight excluding hydrogens is 286 g/mol. The molecule has 1 aliphatic rings. The summed E-state index contributed by atoms with van der Waals surface area (Å²) >= 11 is 3.75. The summed E-state index contributed by atoms with van der Waals surface area (Å²) in [5.41, 5.74) is 4.26. The second-order valence-corrected chi connectivity index (χ2v) is 5.83. The zero-order valence-electron chi connectivity index (χ0n) is 11.3. The molecule has 1 aliphatic carbocycles. The van der Waals surface area contributed by atoms with Crippen molar-refractivity contribution in [2.45, 2.75) is 45.6 Å². The first-order valence-electron chi connectivity index (χ1n) is 6.91. The highest BCUT2D eigenvalue weighted by molar-refractivity contribution is 9.10. The Morgan fingerprint density at radius 3 is 2.89 bits per heavy atom. The summed E-state index contributed by atoms with van der Waals surface area (Å²) in [6.07, 6.45) is 7.38. The smallest absolute Gasteiger partial charge is 0.0547 e. The number of hydrogen-bond donors (Lipinski definition) is 1.